The van der Waals surface area contributed by atoms with Crippen molar-refractivity contribution in [2.75, 3.05) is 5.73 Å². The number of nitrogens with two attached hydrogens (primary N) is 1. The number of hydrogen-bond acceptors (Lipinski definition) is 5. The number of nitrogen functional groups attached to an aromatic ring is 1. The van der Waals surface area contributed by atoms with Crippen LogP contribution in [0.1, 0.15) is 0 Å². The van der Waals surface area contributed by atoms with Gasteiger partial charge >= 0.3 is 0 Å². The molecule has 0 aliphatic rings. The lowest BCUT2D eigenvalue weighted by molar-refractivity contribution is 1.16. The minimum atomic E-state index is 0.656. The average molecular weight is 178 g/mol. The SMILES string of the molecule is Nc1cccnc1-c1cnns1. The predicted octanol–water partition coefficient (Wildman–Crippen LogP) is 1.18. The second-order valence-corrected chi connectivity index (χ2v) is 3.01. The van der Waals surface area contributed by atoms with Crippen molar-refractivity contribution in [3.05, 3.63) is 24.5 Å². The van der Waals surface area contributed by atoms with Crippen LogP contribution in [0.2, 0.25) is 0 Å². The molecule has 0 aliphatic heterocycles. The molecule has 5 heteroatoms. The van der Waals surface area contributed by atoms with Gasteiger partial charge in [0.25, 0.3) is 0 Å². The van der Waals surface area contributed by atoms with Gasteiger partial charge in [0.05, 0.1) is 16.8 Å². The largest absolute Gasteiger partial charge is 0.397 e. The maximum Gasteiger partial charge on any atom is 0.106 e. The van der Waals surface area contributed by atoms with Crippen molar-refractivity contribution in [1.82, 2.24) is 14.6 Å². The number of nitrogens with zero attached hydrogens (tertiary/aromatic N) is 3. The first-order chi connectivity index (χ1) is 5.88. The van der Waals surface area contributed by atoms with Gasteiger partial charge in [0.15, 0.2) is 0 Å². The van der Waals surface area contributed by atoms with Crippen LogP contribution in [-0.2, 0) is 0 Å². The molecule has 2 N–H and O–H groups in total. The fourth-order valence-corrected chi connectivity index (χ4v) is 1.43. The van der Waals surface area contributed by atoms with Crippen molar-refractivity contribution in [1.29, 1.82) is 0 Å². The Kier molecular flexibility index (Phi) is 1.71. The Morgan fingerprint density at radius 3 is 3.00 bits per heavy atom. The second-order valence-electron chi connectivity index (χ2n) is 2.22. The maximum atomic E-state index is 5.70. The summed E-state index contributed by atoms with van der Waals surface area (Å²) < 4.78 is 3.74. The number of rotatable bonds is 1. The summed E-state index contributed by atoms with van der Waals surface area (Å²) in [6.07, 6.45) is 3.36. The van der Waals surface area contributed by atoms with Crippen LogP contribution in [-0.4, -0.2) is 14.6 Å². The molecule has 60 valence electrons. The Morgan fingerprint density at radius 1 is 1.42 bits per heavy atom. The highest BCUT2D eigenvalue weighted by molar-refractivity contribution is 7.09. The summed E-state index contributed by atoms with van der Waals surface area (Å²) in [5, 5.41) is 3.71. The Labute approximate surface area is 73.2 Å². The molecule has 0 aromatic carbocycles. The minimum absolute atomic E-state index is 0.656. The van der Waals surface area contributed by atoms with Gasteiger partial charge in [-0.05, 0) is 23.7 Å². The second kappa shape index (κ2) is 2.86. The highest BCUT2D eigenvalue weighted by atomic mass is 32.1. The molecule has 4 nitrogen and oxygen atoms in total. The highest BCUT2D eigenvalue weighted by Crippen LogP contribution is 2.24. The zero-order chi connectivity index (χ0) is 8.39. The Hall–Kier alpha value is -1.49. The summed E-state index contributed by atoms with van der Waals surface area (Å²) >= 11 is 1.29. The Morgan fingerprint density at radius 2 is 2.33 bits per heavy atom. The van der Waals surface area contributed by atoms with Gasteiger partial charge in [-0.3, -0.25) is 4.98 Å². The first-order valence-electron chi connectivity index (χ1n) is 3.36. The fourth-order valence-electron chi connectivity index (χ4n) is 0.895. The van der Waals surface area contributed by atoms with Crippen LogP contribution in [0.15, 0.2) is 24.5 Å². The third-order valence-corrected chi connectivity index (χ3v) is 2.11. The van der Waals surface area contributed by atoms with Crippen molar-refractivity contribution in [2.24, 2.45) is 0 Å². The van der Waals surface area contributed by atoms with Gasteiger partial charge in [-0.25, -0.2) is 0 Å². The molecule has 0 saturated heterocycles. The summed E-state index contributed by atoms with van der Waals surface area (Å²) in [5.41, 5.74) is 7.11. The molecular weight excluding hydrogens is 172 g/mol. The number of pyridine rings is 1. The number of anilines is 1. The van der Waals surface area contributed by atoms with Gasteiger partial charge in [0.1, 0.15) is 5.69 Å². The molecule has 2 aromatic rings. The van der Waals surface area contributed by atoms with Gasteiger partial charge < -0.3 is 5.73 Å². The van der Waals surface area contributed by atoms with Gasteiger partial charge in [0.2, 0.25) is 0 Å². The fraction of sp³-hybridized carbons (Fsp3) is 0. The van der Waals surface area contributed by atoms with E-state index in [1.807, 2.05) is 6.07 Å². The van der Waals surface area contributed by atoms with Gasteiger partial charge in [0, 0.05) is 6.20 Å². The van der Waals surface area contributed by atoms with Crippen LogP contribution in [0.25, 0.3) is 10.6 Å². The quantitative estimate of drug-likeness (QED) is 0.712. The first-order valence-corrected chi connectivity index (χ1v) is 4.13. The van der Waals surface area contributed by atoms with E-state index in [4.69, 9.17) is 5.73 Å². The molecule has 0 bridgehead atoms. The van der Waals surface area contributed by atoms with E-state index in [0.717, 1.165) is 10.6 Å². The van der Waals surface area contributed by atoms with E-state index in [-0.39, 0.29) is 0 Å². The molecule has 0 fully saturated rings. The lowest BCUT2D eigenvalue weighted by atomic mass is 10.3. The van der Waals surface area contributed by atoms with Crippen LogP contribution in [0.3, 0.4) is 0 Å². The van der Waals surface area contributed by atoms with Crippen molar-refractivity contribution in [2.45, 2.75) is 0 Å². The summed E-state index contributed by atoms with van der Waals surface area (Å²) in [6, 6.07) is 3.61. The zero-order valence-corrected chi connectivity index (χ0v) is 6.95. The molecule has 0 aliphatic carbocycles. The molecule has 0 radical (unpaired) electrons. The predicted molar refractivity (Wildman–Crippen MR) is 47.6 cm³/mol. The van der Waals surface area contributed by atoms with Crippen LogP contribution in [0.5, 0.6) is 0 Å². The van der Waals surface area contributed by atoms with Gasteiger partial charge in [-0.2, -0.15) is 0 Å². The highest BCUT2D eigenvalue weighted by Gasteiger charge is 2.04. The monoisotopic (exact) mass is 178 g/mol. The van der Waals surface area contributed by atoms with E-state index in [9.17, 15) is 0 Å². The van der Waals surface area contributed by atoms with Gasteiger partial charge in [-0.15, -0.1) is 5.10 Å². The third-order valence-electron chi connectivity index (χ3n) is 1.43. The van der Waals surface area contributed by atoms with E-state index < -0.39 is 0 Å². The minimum Gasteiger partial charge on any atom is -0.397 e. The van der Waals surface area contributed by atoms with Crippen molar-refractivity contribution in [3.63, 3.8) is 0 Å². The van der Waals surface area contributed by atoms with Crippen LogP contribution >= 0.6 is 11.5 Å². The smallest absolute Gasteiger partial charge is 0.106 e. The van der Waals surface area contributed by atoms with Crippen LogP contribution in [0.4, 0.5) is 5.69 Å². The van der Waals surface area contributed by atoms with E-state index >= 15 is 0 Å². The van der Waals surface area contributed by atoms with E-state index in [2.05, 4.69) is 14.6 Å². The number of aromatic nitrogens is 3. The first kappa shape index (κ1) is 7.17. The van der Waals surface area contributed by atoms with Crippen LogP contribution < -0.4 is 5.73 Å². The standard InChI is InChI=1S/C7H6N4S/c8-5-2-1-3-9-7(5)6-4-10-11-12-6/h1-4H,8H2. The number of hydrogen-bond donors (Lipinski definition) is 1. The molecule has 2 heterocycles. The van der Waals surface area contributed by atoms with Crippen LogP contribution in [0, 0.1) is 0 Å². The van der Waals surface area contributed by atoms with Gasteiger partial charge in [-0.1, -0.05) is 4.49 Å². The molecule has 0 amide bonds. The maximum absolute atomic E-state index is 5.70. The molecule has 0 atom stereocenters. The topological polar surface area (TPSA) is 64.7 Å². The molecule has 0 unspecified atom stereocenters. The molecule has 0 saturated carbocycles. The summed E-state index contributed by atoms with van der Waals surface area (Å²) in [7, 11) is 0. The van der Waals surface area contributed by atoms with E-state index in [0.29, 0.717) is 5.69 Å². The molecule has 12 heavy (non-hydrogen) atoms. The average Bonchev–Trinajstić information content (AvgIpc) is 2.57. The van der Waals surface area contributed by atoms with Crippen molar-refractivity contribution >= 4 is 17.2 Å². The molecule has 2 rings (SSSR count). The summed E-state index contributed by atoms with van der Waals surface area (Å²) in [6.45, 7) is 0. The summed E-state index contributed by atoms with van der Waals surface area (Å²) in [4.78, 5) is 5.02. The lowest BCUT2D eigenvalue weighted by Crippen LogP contribution is -1.90. The Balaban J connectivity index is 2.55. The molecular formula is C7H6N4S. The zero-order valence-electron chi connectivity index (χ0n) is 6.14. The molecule has 0 spiro atoms. The van der Waals surface area contributed by atoms with Crippen molar-refractivity contribution in [3.8, 4) is 10.6 Å². The lowest BCUT2D eigenvalue weighted by Gasteiger charge is -1.97. The molecule has 2 aromatic heterocycles. The van der Waals surface area contributed by atoms with Crippen molar-refractivity contribution < 1.29 is 0 Å². The van der Waals surface area contributed by atoms with E-state index in [1.54, 1.807) is 18.5 Å². The third kappa shape index (κ3) is 1.14. The normalized spacial score (nSPS) is 10.0. The summed E-state index contributed by atoms with van der Waals surface area (Å²) in [5.74, 6) is 0. The Bertz CT molecular complexity index is 371. The van der Waals surface area contributed by atoms with E-state index in [1.165, 1.54) is 11.5 Å².